The van der Waals surface area contributed by atoms with Gasteiger partial charge < -0.3 is 15.1 Å². The number of benzene rings is 1. The van der Waals surface area contributed by atoms with Crippen molar-refractivity contribution in [3.63, 3.8) is 0 Å². The van der Waals surface area contributed by atoms with E-state index in [0.717, 1.165) is 0 Å². The van der Waals surface area contributed by atoms with Gasteiger partial charge in [-0.05, 0) is 61.8 Å². The predicted molar refractivity (Wildman–Crippen MR) is 97.9 cm³/mol. The summed E-state index contributed by atoms with van der Waals surface area (Å²) in [6.07, 6.45) is 0. The lowest BCUT2D eigenvalue weighted by Gasteiger charge is -2.11. The standard InChI is InChI=1S/C17H18BrClN2O3/c1-8(2)20-16(22)11-5-6-12(19)13(7-11)21-17(23)14-9(3)24-10(4)15(14)18/h5-8H,1-4H3,(H,20,22)(H,21,23). The van der Waals surface area contributed by atoms with Crippen LogP contribution in [0.2, 0.25) is 5.02 Å². The maximum absolute atomic E-state index is 12.5. The highest BCUT2D eigenvalue weighted by Crippen LogP contribution is 2.29. The molecule has 2 N–H and O–H groups in total. The Kier molecular flexibility index (Phi) is 5.72. The predicted octanol–water partition coefficient (Wildman–Crippen LogP) is 4.70. The fourth-order valence-corrected chi connectivity index (χ4v) is 2.91. The Morgan fingerprint density at radius 2 is 1.83 bits per heavy atom. The molecule has 24 heavy (non-hydrogen) atoms. The fourth-order valence-electron chi connectivity index (χ4n) is 2.21. The molecule has 0 radical (unpaired) electrons. The van der Waals surface area contributed by atoms with Gasteiger partial charge in [-0.25, -0.2) is 0 Å². The summed E-state index contributed by atoms with van der Waals surface area (Å²) in [7, 11) is 0. The van der Waals surface area contributed by atoms with Crippen LogP contribution < -0.4 is 10.6 Å². The molecule has 128 valence electrons. The van der Waals surface area contributed by atoms with Crippen molar-refractivity contribution < 1.29 is 14.0 Å². The van der Waals surface area contributed by atoms with E-state index in [9.17, 15) is 9.59 Å². The van der Waals surface area contributed by atoms with Gasteiger partial charge >= 0.3 is 0 Å². The Morgan fingerprint density at radius 1 is 1.17 bits per heavy atom. The van der Waals surface area contributed by atoms with Gasteiger partial charge in [0.15, 0.2) is 0 Å². The van der Waals surface area contributed by atoms with Gasteiger partial charge in [0.25, 0.3) is 11.8 Å². The normalized spacial score (nSPS) is 10.8. The van der Waals surface area contributed by atoms with E-state index in [1.54, 1.807) is 32.0 Å². The van der Waals surface area contributed by atoms with Gasteiger partial charge in [-0.2, -0.15) is 0 Å². The van der Waals surface area contributed by atoms with E-state index in [2.05, 4.69) is 26.6 Å². The molecule has 0 aliphatic rings. The molecule has 1 aromatic carbocycles. The van der Waals surface area contributed by atoms with E-state index in [1.165, 1.54) is 0 Å². The van der Waals surface area contributed by atoms with Gasteiger partial charge in [-0.1, -0.05) is 11.6 Å². The molecule has 0 saturated heterocycles. The number of furan rings is 1. The molecule has 0 spiro atoms. The van der Waals surface area contributed by atoms with Gasteiger partial charge in [0.05, 0.1) is 20.7 Å². The molecular formula is C17H18BrClN2O3. The first-order valence-corrected chi connectivity index (χ1v) is 8.55. The number of aryl methyl sites for hydroxylation is 2. The summed E-state index contributed by atoms with van der Waals surface area (Å²) in [4.78, 5) is 24.6. The van der Waals surface area contributed by atoms with Gasteiger partial charge in [-0.15, -0.1) is 0 Å². The largest absolute Gasteiger partial charge is 0.465 e. The van der Waals surface area contributed by atoms with Crippen LogP contribution in [-0.4, -0.2) is 17.9 Å². The first-order valence-electron chi connectivity index (χ1n) is 7.38. The smallest absolute Gasteiger partial charge is 0.260 e. The number of amides is 2. The molecule has 7 heteroatoms. The SMILES string of the molecule is Cc1oc(C)c(C(=O)Nc2cc(C(=O)NC(C)C)ccc2Cl)c1Br. The number of halogens is 2. The zero-order valence-corrected chi connectivity index (χ0v) is 16.1. The number of rotatable bonds is 4. The minimum absolute atomic E-state index is 0.0127. The average molecular weight is 414 g/mol. The third-order valence-corrected chi connectivity index (χ3v) is 4.59. The summed E-state index contributed by atoms with van der Waals surface area (Å²) in [5.41, 5.74) is 1.19. The summed E-state index contributed by atoms with van der Waals surface area (Å²) in [6, 6.07) is 4.75. The summed E-state index contributed by atoms with van der Waals surface area (Å²) in [6.45, 7) is 7.22. The Bertz CT molecular complexity index is 799. The quantitative estimate of drug-likeness (QED) is 0.763. The maximum Gasteiger partial charge on any atom is 0.260 e. The molecule has 0 aliphatic heterocycles. The molecule has 0 bridgehead atoms. The minimum atomic E-state index is -0.362. The van der Waals surface area contributed by atoms with Crippen molar-refractivity contribution in [2.45, 2.75) is 33.7 Å². The third-order valence-electron chi connectivity index (χ3n) is 3.31. The van der Waals surface area contributed by atoms with E-state index in [1.807, 2.05) is 13.8 Å². The molecule has 2 rings (SSSR count). The second-order valence-electron chi connectivity index (χ2n) is 5.68. The van der Waals surface area contributed by atoms with Crippen LogP contribution in [0.5, 0.6) is 0 Å². The third kappa shape index (κ3) is 3.99. The molecule has 0 saturated carbocycles. The number of carbonyl (C=O) groups is 2. The van der Waals surface area contributed by atoms with Crippen molar-refractivity contribution in [1.29, 1.82) is 0 Å². The molecule has 2 amide bonds. The van der Waals surface area contributed by atoms with Gasteiger partial charge in [0, 0.05) is 11.6 Å². The van der Waals surface area contributed by atoms with Crippen LogP contribution >= 0.6 is 27.5 Å². The van der Waals surface area contributed by atoms with E-state index in [0.29, 0.717) is 37.8 Å². The van der Waals surface area contributed by atoms with Crippen LogP contribution in [0.1, 0.15) is 46.1 Å². The van der Waals surface area contributed by atoms with Crippen LogP contribution in [0.25, 0.3) is 0 Å². The van der Waals surface area contributed by atoms with E-state index < -0.39 is 0 Å². The van der Waals surface area contributed by atoms with Crippen molar-refractivity contribution in [1.82, 2.24) is 5.32 Å². The van der Waals surface area contributed by atoms with Crippen molar-refractivity contribution >= 4 is 45.0 Å². The van der Waals surface area contributed by atoms with Gasteiger partial charge in [0.1, 0.15) is 11.5 Å². The van der Waals surface area contributed by atoms with Crippen molar-refractivity contribution in [3.05, 3.63) is 50.3 Å². The number of hydrogen-bond donors (Lipinski definition) is 2. The summed E-state index contributed by atoms with van der Waals surface area (Å²) in [5, 5.41) is 5.87. The molecule has 0 aliphatic carbocycles. The number of anilines is 1. The topological polar surface area (TPSA) is 71.3 Å². The summed E-state index contributed by atoms with van der Waals surface area (Å²) >= 11 is 9.49. The highest BCUT2D eigenvalue weighted by Gasteiger charge is 2.21. The fraction of sp³-hybridized carbons (Fsp3) is 0.294. The Labute approximate surface area is 153 Å². The van der Waals surface area contributed by atoms with Crippen molar-refractivity contribution in [2.24, 2.45) is 0 Å². The maximum atomic E-state index is 12.5. The lowest BCUT2D eigenvalue weighted by Crippen LogP contribution is -2.30. The van der Waals surface area contributed by atoms with Gasteiger partial charge in [-0.3, -0.25) is 9.59 Å². The zero-order valence-electron chi connectivity index (χ0n) is 13.8. The molecule has 1 heterocycles. The number of hydrogen-bond acceptors (Lipinski definition) is 3. The second-order valence-corrected chi connectivity index (χ2v) is 6.88. The monoisotopic (exact) mass is 412 g/mol. The van der Waals surface area contributed by atoms with Crippen LogP contribution in [0.15, 0.2) is 27.1 Å². The van der Waals surface area contributed by atoms with E-state index in [-0.39, 0.29) is 17.9 Å². The summed E-state index contributed by atoms with van der Waals surface area (Å²) < 4.78 is 6.03. The first-order chi connectivity index (χ1) is 11.2. The Balaban J connectivity index is 2.29. The number of carbonyl (C=O) groups excluding carboxylic acids is 2. The zero-order chi connectivity index (χ0) is 18.0. The Morgan fingerprint density at radius 3 is 2.38 bits per heavy atom. The first kappa shape index (κ1) is 18.5. The van der Waals surface area contributed by atoms with Crippen LogP contribution in [0.3, 0.4) is 0 Å². The lowest BCUT2D eigenvalue weighted by molar-refractivity contribution is 0.0941. The molecule has 5 nitrogen and oxygen atoms in total. The van der Waals surface area contributed by atoms with Crippen molar-refractivity contribution in [2.75, 3.05) is 5.32 Å². The molecule has 1 aromatic heterocycles. The Hall–Kier alpha value is -1.79. The number of nitrogens with one attached hydrogen (secondary N) is 2. The molecular weight excluding hydrogens is 396 g/mol. The molecule has 0 fully saturated rings. The second kappa shape index (κ2) is 7.40. The summed E-state index contributed by atoms with van der Waals surface area (Å²) in [5.74, 6) is 0.531. The van der Waals surface area contributed by atoms with Crippen molar-refractivity contribution in [3.8, 4) is 0 Å². The van der Waals surface area contributed by atoms with Crippen LogP contribution in [-0.2, 0) is 0 Å². The molecule has 2 aromatic rings. The van der Waals surface area contributed by atoms with Gasteiger partial charge in [0.2, 0.25) is 0 Å². The van der Waals surface area contributed by atoms with Crippen LogP contribution in [0, 0.1) is 13.8 Å². The highest BCUT2D eigenvalue weighted by molar-refractivity contribution is 9.10. The average Bonchev–Trinajstić information content (AvgIpc) is 2.73. The van der Waals surface area contributed by atoms with E-state index >= 15 is 0 Å². The lowest BCUT2D eigenvalue weighted by atomic mass is 10.1. The molecule has 0 atom stereocenters. The van der Waals surface area contributed by atoms with Crippen LogP contribution in [0.4, 0.5) is 5.69 Å². The highest BCUT2D eigenvalue weighted by atomic mass is 79.9. The van der Waals surface area contributed by atoms with E-state index in [4.69, 9.17) is 16.0 Å². The molecule has 0 unspecified atom stereocenters. The minimum Gasteiger partial charge on any atom is -0.465 e.